The zero-order chi connectivity index (χ0) is 33.1. The highest BCUT2D eigenvalue weighted by Gasteiger charge is 2.59. The molecule has 2 N–H and O–H groups in total. The van der Waals surface area contributed by atoms with E-state index in [1.807, 2.05) is 24.3 Å². The Labute approximate surface area is 268 Å². The van der Waals surface area contributed by atoms with Crippen molar-refractivity contribution >= 4 is 33.9 Å². The van der Waals surface area contributed by atoms with Crippen molar-refractivity contribution in [3.8, 4) is 5.75 Å². The van der Waals surface area contributed by atoms with Crippen LogP contribution >= 0.6 is 0 Å². The van der Waals surface area contributed by atoms with Crippen LogP contribution in [0.4, 0.5) is 29.7 Å². The second-order valence-electron chi connectivity index (χ2n) is 11.7. The van der Waals surface area contributed by atoms with E-state index in [9.17, 15) is 26.8 Å². The lowest BCUT2D eigenvalue weighted by atomic mass is 9.89. The summed E-state index contributed by atoms with van der Waals surface area (Å²) < 4.78 is 73.0. The van der Waals surface area contributed by atoms with Gasteiger partial charge in [-0.15, -0.1) is 0 Å². The van der Waals surface area contributed by atoms with E-state index >= 15 is 0 Å². The van der Waals surface area contributed by atoms with Gasteiger partial charge in [0.05, 0.1) is 31.5 Å². The Kier molecular flexibility index (Phi) is 7.31. The van der Waals surface area contributed by atoms with Gasteiger partial charge in [-0.3, -0.25) is 4.90 Å². The molecule has 2 fully saturated rings. The maximum absolute atomic E-state index is 14.4. The number of methoxy groups -OCH3 is 2. The molecule has 4 atom stereocenters. The summed E-state index contributed by atoms with van der Waals surface area (Å²) >= 11 is 0. The number of anilines is 1. The number of halogens is 2. The van der Waals surface area contributed by atoms with E-state index in [4.69, 9.17) is 23.9 Å². The molecule has 0 saturated carbocycles. The Bertz CT molecular complexity index is 1910. The van der Waals surface area contributed by atoms with Crippen LogP contribution in [0.15, 0.2) is 70.9 Å². The first-order valence-electron chi connectivity index (χ1n) is 14.8. The number of carbonyl (C=O) groups is 2. The van der Waals surface area contributed by atoms with E-state index in [2.05, 4.69) is 10.0 Å². The van der Waals surface area contributed by atoms with Gasteiger partial charge in [0, 0.05) is 30.8 Å². The van der Waals surface area contributed by atoms with Crippen LogP contribution in [0.5, 0.6) is 5.75 Å². The fourth-order valence-corrected chi connectivity index (χ4v) is 8.66. The summed E-state index contributed by atoms with van der Waals surface area (Å²) in [5.74, 6) is -3.46. The lowest BCUT2D eigenvalue weighted by Gasteiger charge is -2.32. The molecular formula is C31H30F2N6O7S. The van der Waals surface area contributed by atoms with Gasteiger partial charge in [0.25, 0.3) is 0 Å². The number of likely N-dealkylation sites (tertiary alicyclic amines) is 2. The van der Waals surface area contributed by atoms with E-state index in [0.717, 1.165) is 29.4 Å². The number of ether oxygens (including phenoxy) is 2. The van der Waals surface area contributed by atoms with E-state index in [0.29, 0.717) is 29.8 Å². The van der Waals surface area contributed by atoms with E-state index in [1.54, 1.807) is 23.1 Å². The number of rotatable bonds is 6. The SMILES string of the molecule is COC(=O)N1CC[C@]2(/N=N/c3cccc4c3C[C@@H]3N(C(=O)OC)CC[C@]43NS(=O)(=O)Oc3c(F)cccc3F)c3ccccc3N[C@H]12. The van der Waals surface area contributed by atoms with Crippen molar-refractivity contribution < 1.29 is 40.4 Å². The molecule has 7 rings (SSSR count). The normalized spacial score (nSPS) is 25.6. The Morgan fingerprint density at radius 2 is 1.57 bits per heavy atom. The molecule has 0 aromatic heterocycles. The Morgan fingerprint density at radius 3 is 2.32 bits per heavy atom. The van der Waals surface area contributed by atoms with Gasteiger partial charge in [0.15, 0.2) is 11.6 Å². The number of hydrogen-bond acceptors (Lipinski definition) is 10. The first-order chi connectivity index (χ1) is 22.5. The summed E-state index contributed by atoms with van der Waals surface area (Å²) in [4.78, 5) is 28.5. The molecule has 3 aromatic rings. The van der Waals surface area contributed by atoms with Crippen molar-refractivity contribution in [3.05, 3.63) is 89.0 Å². The second kappa shape index (κ2) is 11.2. The molecule has 2 amide bonds. The topological polar surface area (TPSA) is 151 Å². The number of hydrogen-bond donors (Lipinski definition) is 2. The van der Waals surface area contributed by atoms with Crippen molar-refractivity contribution in [2.45, 2.75) is 42.5 Å². The van der Waals surface area contributed by atoms with E-state index in [-0.39, 0.29) is 19.4 Å². The van der Waals surface area contributed by atoms with E-state index in [1.165, 1.54) is 19.1 Å². The average Bonchev–Trinajstić information content (AvgIpc) is 3.77. The lowest BCUT2D eigenvalue weighted by Crippen LogP contribution is -2.53. The molecule has 3 aliphatic heterocycles. The Hall–Kier alpha value is -4.83. The minimum atomic E-state index is -4.85. The van der Waals surface area contributed by atoms with Gasteiger partial charge in [-0.2, -0.15) is 23.4 Å². The van der Waals surface area contributed by atoms with Crippen LogP contribution in [-0.2, 0) is 37.3 Å². The molecule has 4 aliphatic rings. The number of benzene rings is 3. The minimum absolute atomic E-state index is 0.111. The fraction of sp³-hybridized carbons (Fsp3) is 0.355. The van der Waals surface area contributed by atoms with Crippen molar-refractivity contribution in [3.63, 3.8) is 0 Å². The summed E-state index contributed by atoms with van der Waals surface area (Å²) in [7, 11) is -2.31. The zero-order valence-corrected chi connectivity index (χ0v) is 26.1. The average molecular weight is 669 g/mol. The highest BCUT2D eigenvalue weighted by molar-refractivity contribution is 7.85. The third-order valence-electron chi connectivity index (χ3n) is 9.48. The molecule has 3 aromatic carbocycles. The zero-order valence-electron chi connectivity index (χ0n) is 25.3. The molecule has 1 aliphatic carbocycles. The number of fused-ring (bicyclic) bond motifs is 6. The smallest absolute Gasteiger partial charge is 0.411 e. The summed E-state index contributed by atoms with van der Waals surface area (Å²) in [5.41, 5.74) is 0.854. The van der Waals surface area contributed by atoms with Crippen LogP contribution in [0.25, 0.3) is 0 Å². The lowest BCUT2D eigenvalue weighted by molar-refractivity contribution is 0.112. The fourth-order valence-electron chi connectivity index (χ4n) is 7.45. The maximum atomic E-state index is 14.4. The van der Waals surface area contributed by atoms with Crippen molar-refractivity contribution in [1.29, 1.82) is 0 Å². The van der Waals surface area contributed by atoms with Gasteiger partial charge in [-0.1, -0.05) is 36.4 Å². The number of carbonyl (C=O) groups excluding carboxylic acids is 2. The van der Waals surface area contributed by atoms with Crippen LogP contribution in [0.2, 0.25) is 0 Å². The molecule has 2 saturated heterocycles. The number of amides is 2. The van der Waals surface area contributed by atoms with Crippen LogP contribution in [0.3, 0.4) is 0 Å². The van der Waals surface area contributed by atoms with Crippen LogP contribution in [0, 0.1) is 11.6 Å². The molecule has 16 heteroatoms. The molecule has 3 heterocycles. The molecule has 0 spiro atoms. The Balaban J connectivity index is 1.28. The molecule has 0 unspecified atom stereocenters. The van der Waals surface area contributed by atoms with E-state index < -0.39 is 63.2 Å². The van der Waals surface area contributed by atoms with Gasteiger partial charge in [0.2, 0.25) is 5.75 Å². The number of nitrogens with zero attached hydrogens (tertiary/aromatic N) is 4. The van der Waals surface area contributed by atoms with Gasteiger partial charge in [0.1, 0.15) is 11.7 Å². The third-order valence-corrected chi connectivity index (χ3v) is 10.5. The third kappa shape index (κ3) is 4.76. The van der Waals surface area contributed by atoms with Crippen molar-refractivity contribution in [2.24, 2.45) is 10.2 Å². The largest absolute Gasteiger partial charge is 0.453 e. The van der Waals surface area contributed by atoms with Crippen molar-refractivity contribution in [1.82, 2.24) is 14.5 Å². The standard InChI is InChI=1S/C31H30F2N6O7S/c1-44-28(40)38-15-13-30(37-47(42,43)46-26-21(32)9-6-10-22(26)33)19-8-5-12-23(18(19)17-25(30)38)35-36-31-14-16-39(29(41)45-2)27(31)34-24-11-4-3-7-20(24)31/h3-12,25,27,34,37H,13-17H2,1-2H3/b36-35+/t25-,27+,30-,31-/m0/s1. The molecule has 47 heavy (non-hydrogen) atoms. The molecule has 246 valence electrons. The summed E-state index contributed by atoms with van der Waals surface area (Å²) in [5, 5.41) is 13.0. The predicted octanol–water partition coefficient (Wildman–Crippen LogP) is 4.67. The molecule has 0 bridgehead atoms. The van der Waals surface area contributed by atoms with Gasteiger partial charge < -0.3 is 23.9 Å². The summed E-state index contributed by atoms with van der Waals surface area (Å²) in [6.07, 6.45) is -0.999. The minimum Gasteiger partial charge on any atom is -0.453 e. The summed E-state index contributed by atoms with van der Waals surface area (Å²) in [6.45, 7) is 0.504. The molecule has 0 radical (unpaired) electrons. The van der Waals surface area contributed by atoms with Crippen molar-refractivity contribution in [2.75, 3.05) is 32.6 Å². The highest BCUT2D eigenvalue weighted by Crippen LogP contribution is 2.53. The van der Waals surface area contributed by atoms with Crippen LogP contribution < -0.4 is 14.2 Å². The van der Waals surface area contributed by atoms with Gasteiger partial charge >= 0.3 is 22.5 Å². The second-order valence-corrected chi connectivity index (χ2v) is 13.0. The number of para-hydroxylation sites is 2. The molecule has 13 nitrogen and oxygen atoms in total. The van der Waals surface area contributed by atoms with Crippen LogP contribution in [0.1, 0.15) is 29.5 Å². The maximum Gasteiger partial charge on any atom is 0.411 e. The monoisotopic (exact) mass is 668 g/mol. The quantitative estimate of drug-likeness (QED) is 0.360. The molecular weight excluding hydrogens is 638 g/mol. The Morgan fingerprint density at radius 1 is 0.915 bits per heavy atom. The number of azo groups is 1. The van der Waals surface area contributed by atoms with Gasteiger partial charge in [-0.05, 0) is 48.2 Å². The van der Waals surface area contributed by atoms with Crippen LogP contribution in [-0.4, -0.2) is 69.9 Å². The summed E-state index contributed by atoms with van der Waals surface area (Å²) in [6, 6.07) is 14.8. The highest BCUT2D eigenvalue weighted by atomic mass is 32.2. The number of nitrogens with one attached hydrogen (secondary N) is 2. The predicted molar refractivity (Wildman–Crippen MR) is 162 cm³/mol. The first-order valence-corrected chi connectivity index (χ1v) is 16.2. The first kappa shape index (κ1) is 30.8. The van der Waals surface area contributed by atoms with Gasteiger partial charge in [-0.25, -0.2) is 18.4 Å².